The zero-order valence-corrected chi connectivity index (χ0v) is 18.0. The summed E-state index contributed by atoms with van der Waals surface area (Å²) >= 11 is 0. The standard InChI is InChI=1S/C21H27N7O2/c1-6-30-20(29)17-16-12-27(11-14(4)18(16)28(25-17)13(2)3)21-23-9-15(10-24-21)19-22-7-8-26(19)5/h7-10,13-14H,6,11-12H2,1-5H3/t14-/m0/s1. The van der Waals surface area contributed by atoms with Crippen molar-refractivity contribution in [2.75, 3.05) is 18.1 Å². The molecular formula is C21H27N7O2. The lowest BCUT2D eigenvalue weighted by molar-refractivity contribution is 0.0517. The van der Waals surface area contributed by atoms with Crippen molar-refractivity contribution in [2.24, 2.45) is 7.05 Å². The number of hydrogen-bond acceptors (Lipinski definition) is 7. The van der Waals surface area contributed by atoms with E-state index >= 15 is 0 Å². The van der Waals surface area contributed by atoms with E-state index in [9.17, 15) is 4.79 Å². The Morgan fingerprint density at radius 2 is 2.00 bits per heavy atom. The topological polar surface area (TPSA) is 91.0 Å². The number of esters is 1. The molecule has 1 atom stereocenters. The van der Waals surface area contributed by atoms with Gasteiger partial charge >= 0.3 is 5.97 Å². The number of carbonyl (C=O) groups is 1. The maximum atomic E-state index is 12.6. The third-order valence-corrected chi connectivity index (χ3v) is 5.32. The summed E-state index contributed by atoms with van der Waals surface area (Å²) in [6.07, 6.45) is 7.21. The van der Waals surface area contributed by atoms with Gasteiger partial charge in [0.15, 0.2) is 5.69 Å². The van der Waals surface area contributed by atoms with Crippen LogP contribution in [0.15, 0.2) is 24.8 Å². The molecule has 0 aliphatic carbocycles. The molecule has 1 aliphatic heterocycles. The minimum absolute atomic E-state index is 0.157. The number of fused-ring (bicyclic) bond motifs is 1. The van der Waals surface area contributed by atoms with Gasteiger partial charge in [0, 0.05) is 61.6 Å². The highest BCUT2D eigenvalue weighted by atomic mass is 16.5. The van der Waals surface area contributed by atoms with Crippen molar-refractivity contribution in [3.63, 3.8) is 0 Å². The van der Waals surface area contributed by atoms with Gasteiger partial charge in [0.1, 0.15) is 5.82 Å². The Morgan fingerprint density at radius 1 is 1.27 bits per heavy atom. The molecule has 0 radical (unpaired) electrons. The van der Waals surface area contributed by atoms with Crippen LogP contribution < -0.4 is 4.90 Å². The molecule has 9 nitrogen and oxygen atoms in total. The van der Waals surface area contributed by atoms with E-state index in [1.54, 1.807) is 25.5 Å². The Balaban J connectivity index is 1.67. The van der Waals surface area contributed by atoms with Gasteiger partial charge in [-0.05, 0) is 20.8 Å². The highest BCUT2D eigenvalue weighted by Gasteiger charge is 2.34. The molecule has 30 heavy (non-hydrogen) atoms. The summed E-state index contributed by atoms with van der Waals surface area (Å²) in [5, 5.41) is 4.61. The fourth-order valence-corrected chi connectivity index (χ4v) is 3.99. The molecule has 3 aromatic rings. The zero-order valence-electron chi connectivity index (χ0n) is 18.0. The van der Waals surface area contributed by atoms with E-state index < -0.39 is 0 Å². The van der Waals surface area contributed by atoms with Crippen molar-refractivity contribution in [3.8, 4) is 11.4 Å². The number of carbonyl (C=O) groups excluding carboxylic acids is 1. The molecule has 4 rings (SSSR count). The molecule has 0 spiro atoms. The van der Waals surface area contributed by atoms with Crippen molar-refractivity contribution in [2.45, 2.75) is 46.2 Å². The van der Waals surface area contributed by atoms with Crippen molar-refractivity contribution < 1.29 is 9.53 Å². The van der Waals surface area contributed by atoms with Gasteiger partial charge < -0.3 is 14.2 Å². The molecule has 3 aromatic heterocycles. The number of nitrogens with zero attached hydrogens (tertiary/aromatic N) is 7. The molecule has 0 saturated heterocycles. The maximum Gasteiger partial charge on any atom is 0.359 e. The Labute approximate surface area is 175 Å². The summed E-state index contributed by atoms with van der Waals surface area (Å²) in [6.45, 7) is 9.66. The Bertz CT molecular complexity index is 1050. The number of aryl methyl sites for hydroxylation is 1. The first-order valence-corrected chi connectivity index (χ1v) is 10.2. The van der Waals surface area contributed by atoms with Gasteiger partial charge in [-0.3, -0.25) is 4.68 Å². The number of anilines is 1. The van der Waals surface area contributed by atoms with E-state index in [0.717, 1.165) is 29.2 Å². The van der Waals surface area contributed by atoms with Gasteiger partial charge in [-0.2, -0.15) is 5.10 Å². The Morgan fingerprint density at radius 3 is 2.60 bits per heavy atom. The second-order valence-electron chi connectivity index (χ2n) is 7.89. The summed E-state index contributed by atoms with van der Waals surface area (Å²) in [7, 11) is 1.94. The van der Waals surface area contributed by atoms with Crippen LogP contribution in [-0.4, -0.2) is 48.4 Å². The van der Waals surface area contributed by atoms with Gasteiger partial charge in [0.2, 0.25) is 5.95 Å². The fourth-order valence-electron chi connectivity index (χ4n) is 3.99. The second-order valence-corrected chi connectivity index (χ2v) is 7.89. The number of imidazole rings is 1. The first-order chi connectivity index (χ1) is 14.4. The number of aromatic nitrogens is 6. The molecule has 9 heteroatoms. The van der Waals surface area contributed by atoms with Gasteiger partial charge in [0.25, 0.3) is 0 Å². The number of rotatable bonds is 5. The average molecular weight is 409 g/mol. The van der Waals surface area contributed by atoms with Crippen LogP contribution in [-0.2, 0) is 18.3 Å². The average Bonchev–Trinajstić information content (AvgIpc) is 3.32. The Kier molecular flexibility index (Phi) is 5.27. The second kappa shape index (κ2) is 7.89. The van der Waals surface area contributed by atoms with Crippen LogP contribution in [0.4, 0.5) is 5.95 Å². The smallest absolute Gasteiger partial charge is 0.359 e. The first-order valence-electron chi connectivity index (χ1n) is 10.2. The third kappa shape index (κ3) is 3.44. The largest absolute Gasteiger partial charge is 0.461 e. The quantitative estimate of drug-likeness (QED) is 0.598. The summed E-state index contributed by atoms with van der Waals surface area (Å²) in [5.74, 6) is 1.23. The molecule has 0 unspecified atom stereocenters. The summed E-state index contributed by atoms with van der Waals surface area (Å²) in [5.41, 5.74) is 3.24. The van der Waals surface area contributed by atoms with Crippen LogP contribution in [0.3, 0.4) is 0 Å². The summed E-state index contributed by atoms with van der Waals surface area (Å²) < 4.78 is 9.14. The van der Waals surface area contributed by atoms with Gasteiger partial charge in [-0.15, -0.1) is 0 Å². The van der Waals surface area contributed by atoms with Crippen LogP contribution >= 0.6 is 0 Å². The van der Waals surface area contributed by atoms with E-state index in [4.69, 9.17) is 4.74 Å². The van der Waals surface area contributed by atoms with Crippen molar-refractivity contribution in [1.82, 2.24) is 29.3 Å². The molecule has 0 bridgehead atoms. The van der Waals surface area contributed by atoms with Crippen molar-refractivity contribution in [3.05, 3.63) is 41.7 Å². The van der Waals surface area contributed by atoms with Crippen LogP contribution in [0, 0.1) is 0 Å². The van der Waals surface area contributed by atoms with E-state index in [1.807, 2.05) is 22.5 Å². The van der Waals surface area contributed by atoms with E-state index in [2.05, 4.69) is 45.7 Å². The molecule has 0 aromatic carbocycles. The monoisotopic (exact) mass is 409 g/mol. The van der Waals surface area contributed by atoms with E-state index in [0.29, 0.717) is 24.8 Å². The molecular weight excluding hydrogens is 382 g/mol. The zero-order chi connectivity index (χ0) is 21.4. The van der Waals surface area contributed by atoms with Gasteiger partial charge in [-0.1, -0.05) is 6.92 Å². The van der Waals surface area contributed by atoms with E-state index in [-0.39, 0.29) is 17.9 Å². The van der Waals surface area contributed by atoms with E-state index in [1.165, 1.54) is 0 Å². The summed E-state index contributed by atoms with van der Waals surface area (Å²) in [6, 6.07) is 0.157. The Hall–Kier alpha value is -3.23. The molecule has 4 heterocycles. The fraction of sp³-hybridized carbons (Fsp3) is 0.476. The highest BCUT2D eigenvalue weighted by Crippen LogP contribution is 2.34. The van der Waals surface area contributed by atoms with Crippen LogP contribution in [0.2, 0.25) is 0 Å². The van der Waals surface area contributed by atoms with Crippen LogP contribution in [0.1, 0.15) is 61.4 Å². The normalized spacial score (nSPS) is 16.1. The molecule has 0 amide bonds. The molecule has 0 saturated carbocycles. The van der Waals surface area contributed by atoms with Gasteiger partial charge in [0.05, 0.1) is 18.7 Å². The molecule has 0 N–H and O–H groups in total. The third-order valence-electron chi connectivity index (χ3n) is 5.32. The lowest BCUT2D eigenvalue weighted by Crippen LogP contribution is -2.35. The number of ether oxygens (including phenoxy) is 1. The summed E-state index contributed by atoms with van der Waals surface area (Å²) in [4.78, 5) is 28.1. The van der Waals surface area contributed by atoms with Crippen molar-refractivity contribution in [1.29, 1.82) is 0 Å². The first kappa shape index (κ1) is 20.1. The minimum Gasteiger partial charge on any atom is -0.461 e. The van der Waals surface area contributed by atoms with Crippen molar-refractivity contribution >= 4 is 11.9 Å². The lowest BCUT2D eigenvalue weighted by atomic mass is 9.96. The number of hydrogen-bond donors (Lipinski definition) is 0. The molecule has 158 valence electrons. The maximum absolute atomic E-state index is 12.6. The molecule has 0 fully saturated rings. The lowest BCUT2D eigenvalue weighted by Gasteiger charge is -2.32. The van der Waals surface area contributed by atoms with Crippen LogP contribution in [0.5, 0.6) is 0 Å². The highest BCUT2D eigenvalue weighted by molar-refractivity contribution is 5.89. The minimum atomic E-state index is -0.381. The van der Waals surface area contributed by atoms with Crippen LogP contribution in [0.25, 0.3) is 11.4 Å². The van der Waals surface area contributed by atoms with Gasteiger partial charge in [-0.25, -0.2) is 19.7 Å². The predicted octanol–water partition coefficient (Wildman–Crippen LogP) is 2.95. The predicted molar refractivity (Wildman–Crippen MR) is 112 cm³/mol. The SMILES string of the molecule is CCOC(=O)c1nn(C(C)C)c2c1CN(c1ncc(-c3nccn3C)cn1)C[C@@H]2C. The molecule has 1 aliphatic rings.